The number of benzene rings is 2. The van der Waals surface area contributed by atoms with Crippen LogP contribution in [0, 0.1) is 5.92 Å². The van der Waals surface area contributed by atoms with Crippen molar-refractivity contribution in [2.45, 2.75) is 33.1 Å². The van der Waals surface area contributed by atoms with Crippen LogP contribution in [0.2, 0.25) is 5.02 Å². The molecule has 2 aromatic carbocycles. The number of hydrazone groups is 1. The van der Waals surface area contributed by atoms with Crippen molar-refractivity contribution < 1.29 is 28.7 Å². The van der Waals surface area contributed by atoms with Crippen LogP contribution < -0.4 is 15.5 Å². The monoisotopic (exact) mass is 623 g/mol. The van der Waals surface area contributed by atoms with Crippen molar-refractivity contribution in [2.24, 2.45) is 11.0 Å². The van der Waals surface area contributed by atoms with Gasteiger partial charge in [-0.3, -0.25) is 9.59 Å². The summed E-state index contributed by atoms with van der Waals surface area (Å²) in [6.45, 7) is 4.05. The van der Waals surface area contributed by atoms with E-state index in [0.717, 1.165) is 33.4 Å². The van der Waals surface area contributed by atoms with Gasteiger partial charge in [0.2, 0.25) is 0 Å². The Kier molecular flexibility index (Phi) is 9.00. The van der Waals surface area contributed by atoms with E-state index in [4.69, 9.17) is 21.1 Å². The molecule has 0 saturated carbocycles. The van der Waals surface area contributed by atoms with Gasteiger partial charge in [-0.1, -0.05) is 36.7 Å². The largest absolute Gasteiger partial charge is 0.462 e. The van der Waals surface area contributed by atoms with Crippen molar-refractivity contribution in [1.82, 2.24) is 5.43 Å². The predicted octanol–water partition coefficient (Wildman–Crippen LogP) is 6.23. The number of anilines is 1. The van der Waals surface area contributed by atoms with Gasteiger partial charge in [0.1, 0.15) is 15.6 Å². The van der Waals surface area contributed by atoms with Crippen LogP contribution in [0.4, 0.5) is 5.00 Å². The van der Waals surface area contributed by atoms with Gasteiger partial charge in [-0.05, 0) is 73.6 Å². The molecule has 0 radical (unpaired) electrons. The number of halogens is 1. The fourth-order valence-electron chi connectivity index (χ4n) is 4.55. The van der Waals surface area contributed by atoms with E-state index < -0.39 is 23.8 Å². The van der Waals surface area contributed by atoms with Gasteiger partial charge >= 0.3 is 23.8 Å². The van der Waals surface area contributed by atoms with E-state index in [1.54, 1.807) is 31.2 Å². The Bertz CT molecular complexity index is 1710. The highest BCUT2D eigenvalue weighted by molar-refractivity contribution is 7.21. The highest BCUT2D eigenvalue weighted by atomic mass is 35.5. The van der Waals surface area contributed by atoms with Crippen molar-refractivity contribution in [1.29, 1.82) is 0 Å². The maximum Gasteiger partial charge on any atom is 0.355 e. The van der Waals surface area contributed by atoms with Crippen LogP contribution in [0.3, 0.4) is 0 Å². The average Bonchev–Trinajstić information content (AvgIpc) is 3.50. The van der Waals surface area contributed by atoms with E-state index in [2.05, 4.69) is 22.8 Å². The molecule has 42 heavy (non-hydrogen) atoms. The number of thiophene rings is 2. The lowest BCUT2D eigenvalue weighted by Gasteiger charge is -2.18. The molecule has 2 heterocycles. The minimum absolute atomic E-state index is 0.201. The first-order chi connectivity index (χ1) is 20.2. The Morgan fingerprint density at radius 3 is 2.55 bits per heavy atom. The molecule has 0 saturated heterocycles. The van der Waals surface area contributed by atoms with Crippen molar-refractivity contribution >= 4 is 79.3 Å². The Morgan fingerprint density at radius 2 is 1.81 bits per heavy atom. The molecule has 0 fully saturated rings. The quantitative estimate of drug-likeness (QED) is 0.0828. The van der Waals surface area contributed by atoms with Gasteiger partial charge < -0.3 is 14.8 Å². The number of carbonyl (C=O) groups excluding carboxylic acids is 4. The Balaban J connectivity index is 1.18. The second kappa shape index (κ2) is 12.8. The smallest absolute Gasteiger partial charge is 0.355 e. The number of ether oxygens (including phenoxy) is 2. The summed E-state index contributed by atoms with van der Waals surface area (Å²) >= 11 is 8.92. The molecule has 216 valence electrons. The van der Waals surface area contributed by atoms with E-state index in [1.165, 1.54) is 28.9 Å². The van der Waals surface area contributed by atoms with Gasteiger partial charge in [0.25, 0.3) is 0 Å². The zero-order chi connectivity index (χ0) is 29.8. The Morgan fingerprint density at radius 1 is 1.05 bits per heavy atom. The Hall–Kier alpha value is -4.06. The van der Waals surface area contributed by atoms with Crippen LogP contribution in [-0.2, 0) is 27.2 Å². The molecule has 2 amide bonds. The molecule has 2 N–H and O–H groups in total. The van der Waals surface area contributed by atoms with Gasteiger partial charge in [0, 0.05) is 15.0 Å². The number of hydrogen-bond acceptors (Lipinski definition) is 9. The maximum atomic E-state index is 12.7. The normalized spacial score (nSPS) is 14.4. The molecule has 1 aliphatic carbocycles. The maximum absolute atomic E-state index is 12.7. The molecule has 5 rings (SSSR count). The number of nitrogens with one attached hydrogen (secondary N) is 2. The summed E-state index contributed by atoms with van der Waals surface area (Å²) < 4.78 is 11.6. The molecule has 9 nitrogen and oxygen atoms in total. The summed E-state index contributed by atoms with van der Waals surface area (Å²) in [5.41, 5.74) is 3.98. The van der Waals surface area contributed by atoms with Crippen molar-refractivity contribution in [3.8, 4) is 5.75 Å². The lowest BCUT2D eigenvalue weighted by molar-refractivity contribution is -0.136. The van der Waals surface area contributed by atoms with Crippen LogP contribution in [0.5, 0.6) is 5.75 Å². The van der Waals surface area contributed by atoms with Crippen LogP contribution in [0.1, 0.15) is 56.3 Å². The number of rotatable bonds is 7. The average molecular weight is 624 g/mol. The fourth-order valence-corrected chi connectivity index (χ4v) is 7.33. The first-order valence-corrected chi connectivity index (χ1v) is 15.2. The van der Waals surface area contributed by atoms with Gasteiger partial charge in [-0.2, -0.15) is 5.10 Å². The molecule has 0 bridgehead atoms. The molecule has 2 aromatic heterocycles. The highest BCUT2D eigenvalue weighted by Crippen LogP contribution is 2.40. The van der Waals surface area contributed by atoms with E-state index in [1.807, 2.05) is 24.3 Å². The molecular formula is C30H26ClN3O6S2. The molecule has 4 aromatic rings. The Labute approximate surface area is 254 Å². The summed E-state index contributed by atoms with van der Waals surface area (Å²) in [6, 6.07) is 13.9. The fraction of sp³-hybridized carbons (Fsp3) is 0.233. The van der Waals surface area contributed by atoms with E-state index >= 15 is 0 Å². The summed E-state index contributed by atoms with van der Waals surface area (Å²) in [7, 11) is 0. The van der Waals surface area contributed by atoms with Crippen molar-refractivity contribution in [3.63, 3.8) is 0 Å². The third kappa shape index (κ3) is 6.38. The number of fused-ring (bicyclic) bond motifs is 2. The second-order valence-corrected chi connectivity index (χ2v) is 12.2. The summed E-state index contributed by atoms with van der Waals surface area (Å²) in [4.78, 5) is 51.7. The van der Waals surface area contributed by atoms with Gasteiger partial charge in [-0.25, -0.2) is 15.0 Å². The molecule has 12 heteroatoms. The van der Waals surface area contributed by atoms with Gasteiger partial charge in [0.05, 0.1) is 23.4 Å². The number of carbonyl (C=O) groups is 4. The summed E-state index contributed by atoms with van der Waals surface area (Å²) in [6.07, 6.45) is 3.79. The summed E-state index contributed by atoms with van der Waals surface area (Å²) in [5, 5.41) is 7.85. The number of nitrogens with zero attached hydrogens (tertiary/aromatic N) is 1. The topological polar surface area (TPSA) is 123 Å². The molecule has 1 atom stereocenters. The zero-order valence-electron chi connectivity index (χ0n) is 22.7. The number of hydrogen-bond donors (Lipinski definition) is 2. The van der Waals surface area contributed by atoms with Crippen molar-refractivity contribution in [2.75, 3.05) is 11.9 Å². The number of esters is 2. The third-order valence-electron chi connectivity index (χ3n) is 6.62. The van der Waals surface area contributed by atoms with Crippen LogP contribution in [-0.4, -0.2) is 36.6 Å². The minimum Gasteiger partial charge on any atom is -0.462 e. The van der Waals surface area contributed by atoms with E-state index in [-0.39, 0.29) is 6.61 Å². The van der Waals surface area contributed by atoms with Crippen molar-refractivity contribution in [3.05, 3.63) is 80.0 Å². The highest BCUT2D eigenvalue weighted by Gasteiger charge is 2.30. The predicted molar refractivity (Wildman–Crippen MR) is 164 cm³/mol. The first-order valence-electron chi connectivity index (χ1n) is 13.2. The van der Waals surface area contributed by atoms with Gasteiger partial charge in [0.15, 0.2) is 0 Å². The van der Waals surface area contributed by atoms with Crippen LogP contribution in [0.15, 0.2) is 53.6 Å². The molecule has 0 unspecified atom stereocenters. The standard InChI is InChI=1S/C30H26ClN3O6S2/c1-3-39-29(37)23-19-13-8-16(2)14-22(19)42-28(23)33-26(35)27(36)34-32-15-17-9-11-18(12-10-17)40-30(38)25-24(31)20-6-4-5-7-21(20)41-25/h4-7,9-12,15-16H,3,8,13-14H2,1-2H3,(H,33,35)(H,34,36)/b32-15-/t16-/m0/s1. The van der Waals surface area contributed by atoms with E-state index in [9.17, 15) is 19.2 Å². The lowest BCUT2D eigenvalue weighted by Crippen LogP contribution is -2.32. The zero-order valence-corrected chi connectivity index (χ0v) is 25.1. The lowest BCUT2D eigenvalue weighted by atomic mass is 9.88. The molecule has 1 aliphatic rings. The second-order valence-electron chi connectivity index (χ2n) is 9.63. The molecule has 0 spiro atoms. The van der Waals surface area contributed by atoms with Gasteiger partial charge in [-0.15, -0.1) is 22.7 Å². The number of amides is 2. The van der Waals surface area contributed by atoms with Crippen LogP contribution in [0.25, 0.3) is 10.1 Å². The SMILES string of the molecule is CCOC(=O)c1c(NC(=O)C(=O)N/N=C\c2ccc(OC(=O)c3sc4ccccc4c3Cl)cc2)sc2c1CC[C@H](C)C2. The molecule has 0 aliphatic heterocycles. The third-order valence-corrected chi connectivity index (χ3v) is 9.44. The molecular weight excluding hydrogens is 598 g/mol. The summed E-state index contributed by atoms with van der Waals surface area (Å²) in [5.74, 6) is -2.25. The first kappa shape index (κ1) is 29.4. The van der Waals surface area contributed by atoms with Crippen LogP contribution >= 0.6 is 34.3 Å². The van der Waals surface area contributed by atoms with E-state index in [0.29, 0.717) is 44.1 Å². The minimum atomic E-state index is -0.994.